The van der Waals surface area contributed by atoms with Gasteiger partial charge in [-0.1, -0.05) is 6.85 Å². The summed E-state index contributed by atoms with van der Waals surface area (Å²) in [6.45, 7) is -1.45. The fourth-order valence-electron chi connectivity index (χ4n) is 3.63. The van der Waals surface area contributed by atoms with Gasteiger partial charge in [0.15, 0.2) is 0 Å². The van der Waals surface area contributed by atoms with Crippen molar-refractivity contribution >= 4 is 33.8 Å². The molecule has 3 aliphatic rings. The van der Waals surface area contributed by atoms with Gasteiger partial charge >= 0.3 is 29.6 Å². The van der Waals surface area contributed by atoms with Crippen LogP contribution in [0.15, 0.2) is 10.6 Å². The second kappa shape index (κ2) is 8.90. The molecule has 152 valence electrons. The van der Waals surface area contributed by atoms with Crippen molar-refractivity contribution in [3.05, 3.63) is 10.6 Å². The largest absolute Gasteiger partial charge is 1.00 e. The van der Waals surface area contributed by atoms with E-state index < -0.39 is 63.8 Å². The number of nitrogens with one attached hydrogen (secondary N) is 2. The van der Waals surface area contributed by atoms with Crippen LogP contribution in [0.3, 0.4) is 0 Å². The van der Waals surface area contributed by atoms with E-state index in [0.29, 0.717) is 6.42 Å². The molecule has 2 fully saturated rings. The number of aliphatic hydroxyl groups excluding tert-OH is 1. The molecule has 28 heavy (non-hydrogen) atoms. The van der Waals surface area contributed by atoms with Crippen molar-refractivity contribution in [3.63, 3.8) is 0 Å². The van der Waals surface area contributed by atoms with E-state index in [0.717, 1.165) is 16.7 Å². The van der Waals surface area contributed by atoms with Crippen LogP contribution in [0.5, 0.6) is 0 Å². The molecule has 0 aromatic heterocycles. The first-order valence-electron chi connectivity index (χ1n) is 10.2. The predicted octanol–water partition coefficient (Wildman–Crippen LogP) is -5.93. The quantitative estimate of drug-likeness (QED) is 0.222. The van der Waals surface area contributed by atoms with Crippen LogP contribution >= 0.6 is 11.8 Å². The normalized spacial score (nSPS) is 38.5. The van der Waals surface area contributed by atoms with Crippen LogP contribution in [0.1, 0.15) is 25.7 Å². The Morgan fingerprint density at radius 3 is 2.86 bits per heavy atom. The van der Waals surface area contributed by atoms with Crippen molar-refractivity contribution < 1.29 is 63.3 Å². The van der Waals surface area contributed by atoms with Gasteiger partial charge in [0.1, 0.15) is 0 Å². The summed E-state index contributed by atoms with van der Waals surface area (Å²) < 4.78 is 56.9. The van der Waals surface area contributed by atoms with E-state index in [4.69, 9.17) is 10.6 Å². The summed E-state index contributed by atoms with van der Waals surface area (Å²) in [5.41, 5.74) is -0.658. The molecule has 3 rings (SSSR count). The zero-order chi connectivity index (χ0) is 23.5. The molecule has 0 aliphatic carbocycles. The number of nitrogens with zero attached hydrogens (tertiary/aromatic N) is 1. The topological polar surface area (TPSA) is 165 Å². The first kappa shape index (κ1) is 18.6. The molecule has 3 heterocycles. The zero-order valence-electron chi connectivity index (χ0n) is 19.3. The van der Waals surface area contributed by atoms with Gasteiger partial charge in [0, 0.05) is 40.7 Å². The summed E-state index contributed by atoms with van der Waals surface area (Å²) in [5.74, 6) is -6.23. The third-order valence-corrected chi connectivity index (χ3v) is 6.76. The summed E-state index contributed by atoms with van der Waals surface area (Å²) in [6, 6.07) is -1.71. The molecule has 1 amide bonds. The maximum atomic E-state index is 12.5. The molecule has 0 radical (unpaired) electrons. The molecule has 0 saturated carbocycles. The number of hydrogen-bond acceptors (Lipinski definition) is 8. The van der Waals surface area contributed by atoms with Crippen molar-refractivity contribution in [1.29, 1.82) is 0 Å². The minimum Gasteiger partial charge on any atom is -0.543 e. The maximum Gasteiger partial charge on any atom is 1.00 e. The van der Waals surface area contributed by atoms with Crippen LogP contribution in [0.2, 0.25) is 0 Å². The van der Waals surface area contributed by atoms with E-state index in [1.54, 1.807) is 0 Å². The summed E-state index contributed by atoms with van der Waals surface area (Å²) in [5, 5.41) is 29.4. The van der Waals surface area contributed by atoms with Gasteiger partial charge in [0.05, 0.1) is 29.7 Å². The number of hydrogen-bond donors (Lipinski definition) is 4. The molecule has 0 spiro atoms. The number of carboxylic acids is 1. The number of fused-ring (bicyclic) bond motifs is 1. The molecular formula is C15H23N4NaO6S2. The summed E-state index contributed by atoms with van der Waals surface area (Å²) in [6.07, 6.45) is -0.943. The molecule has 0 aromatic rings. The van der Waals surface area contributed by atoms with Gasteiger partial charge in [0.25, 0.3) is 10.2 Å². The van der Waals surface area contributed by atoms with Gasteiger partial charge in [-0.2, -0.15) is 8.42 Å². The number of thioether (sulfide) groups is 1. The van der Waals surface area contributed by atoms with Crippen molar-refractivity contribution in [2.75, 3.05) is 13.1 Å². The number of amides is 1. The summed E-state index contributed by atoms with van der Waals surface area (Å²) >= 11 is 0.850. The van der Waals surface area contributed by atoms with E-state index in [1.807, 2.05) is 0 Å². The zero-order valence-corrected chi connectivity index (χ0v) is 19.0. The van der Waals surface area contributed by atoms with Gasteiger partial charge < -0.3 is 25.2 Å². The molecule has 10 nitrogen and oxygen atoms in total. The number of carbonyl (C=O) groups excluding carboxylic acids is 2. The molecular weight excluding hydrogens is 419 g/mol. The first-order chi connectivity index (χ1) is 14.1. The molecule has 13 heteroatoms. The third kappa shape index (κ3) is 4.60. The van der Waals surface area contributed by atoms with E-state index in [1.165, 1.54) is 6.92 Å². The Morgan fingerprint density at radius 2 is 2.32 bits per heavy atom. The molecule has 0 aromatic carbocycles. The van der Waals surface area contributed by atoms with E-state index in [2.05, 4.69) is 10.0 Å². The number of rotatable bonds is 7. The van der Waals surface area contributed by atoms with Crippen LogP contribution in [0.4, 0.5) is 0 Å². The molecule has 6 unspecified atom stereocenters. The van der Waals surface area contributed by atoms with Crippen LogP contribution < -0.4 is 49.8 Å². The van der Waals surface area contributed by atoms with Gasteiger partial charge in [0.2, 0.25) is 5.91 Å². The molecule has 2 saturated heterocycles. The average Bonchev–Trinajstić information content (AvgIpc) is 3.13. The third-order valence-electron chi connectivity index (χ3n) is 4.85. The number of nitrogens with two attached hydrogens (primary N) is 1. The Bertz CT molecular complexity index is 933. The monoisotopic (exact) mass is 446 g/mol. The Balaban J connectivity index is 0.00000363. The fourth-order valence-corrected chi connectivity index (χ4v) is 5.45. The average molecular weight is 447 g/mol. The van der Waals surface area contributed by atoms with Gasteiger partial charge in [-0.05, 0) is 13.3 Å². The molecule has 6 atom stereocenters. The molecule has 5 N–H and O–H groups in total. The fraction of sp³-hybridized carbons (Fsp3) is 0.733. The first-order valence-corrected chi connectivity index (χ1v) is 10.7. The van der Waals surface area contributed by atoms with Crippen LogP contribution in [-0.4, -0.2) is 66.8 Å². The van der Waals surface area contributed by atoms with Crippen molar-refractivity contribution in [1.82, 2.24) is 14.9 Å². The number of carbonyl (C=O) groups is 2. The van der Waals surface area contributed by atoms with Crippen molar-refractivity contribution in [2.45, 2.75) is 43.6 Å². The number of β-lactam (4-membered cyclic amide) rings is 1. The SMILES string of the molecule is [2H]C([2H])([2H])C1([2H])C(SC2CNC(CNS(N)(=O)=O)C2)=C(C(=O)[O-])N2C(=O)C(C(C)O)C21.[Na+]. The van der Waals surface area contributed by atoms with Crippen molar-refractivity contribution in [3.8, 4) is 0 Å². The minimum absolute atomic E-state index is 0. The second-order valence-electron chi connectivity index (χ2n) is 6.77. The Morgan fingerprint density at radius 1 is 1.64 bits per heavy atom. The number of carboxylic acid groups (broad SMARTS) is 1. The Kier molecular flexibility index (Phi) is 5.91. The van der Waals surface area contributed by atoms with Gasteiger partial charge in [-0.3, -0.25) is 4.79 Å². The van der Waals surface area contributed by atoms with E-state index >= 15 is 0 Å². The van der Waals surface area contributed by atoms with Gasteiger partial charge in [-0.15, -0.1) is 11.8 Å². The molecule has 3 aliphatic heterocycles. The number of aliphatic hydroxyl groups is 1. The predicted molar refractivity (Wildman–Crippen MR) is 95.9 cm³/mol. The van der Waals surface area contributed by atoms with E-state index in [9.17, 15) is 28.2 Å². The van der Waals surface area contributed by atoms with Crippen molar-refractivity contribution in [2.24, 2.45) is 17.0 Å². The van der Waals surface area contributed by atoms with Crippen LogP contribution in [0.25, 0.3) is 0 Å². The van der Waals surface area contributed by atoms with Gasteiger partial charge in [-0.25, -0.2) is 9.86 Å². The van der Waals surface area contributed by atoms with E-state index in [-0.39, 0.29) is 53.6 Å². The minimum atomic E-state index is -3.90. The second-order valence-corrected chi connectivity index (χ2v) is 9.46. The maximum absolute atomic E-state index is 12.5. The Hall–Kier alpha value is -0.180. The Labute approximate surface area is 195 Å². The standard InChI is InChI=1S/C15H24N4O6S2.Na/c1-6-11-10(7(2)20)14(21)19(11)12(15(22)23)13(6)26-9-3-8(17-5-9)4-18-27(16,24)25;/h6-11,17-18,20H,3-5H2,1-2H3,(H,22,23)(H2,16,24,25);/q;+1/p-1/i1D3,6D;. The van der Waals surface area contributed by atoms with Crippen LogP contribution in [-0.2, 0) is 19.8 Å². The number of aliphatic carboxylic acids is 1. The van der Waals surface area contributed by atoms with Crippen LogP contribution in [0, 0.1) is 11.8 Å². The summed E-state index contributed by atoms with van der Waals surface area (Å²) in [4.78, 5) is 24.8. The smallest absolute Gasteiger partial charge is 0.543 e. The summed E-state index contributed by atoms with van der Waals surface area (Å²) in [7, 11) is -3.90. The molecule has 0 bridgehead atoms.